The Hall–Kier alpha value is -0.130. The number of hydrogen-bond acceptors (Lipinski definition) is 2. The monoisotopic (exact) mass is 356 g/mol. The summed E-state index contributed by atoms with van der Waals surface area (Å²) in [5.74, 6) is 0.886. The molecule has 0 spiro atoms. The Balaban J connectivity index is 1.59. The van der Waals surface area contributed by atoms with Crippen molar-refractivity contribution in [2.45, 2.75) is 31.8 Å². The van der Waals surface area contributed by atoms with Crippen molar-refractivity contribution >= 4 is 22.6 Å². The van der Waals surface area contributed by atoms with Crippen molar-refractivity contribution in [2.24, 2.45) is 5.92 Å². The lowest BCUT2D eigenvalue weighted by Crippen LogP contribution is -2.51. The van der Waals surface area contributed by atoms with Crippen molar-refractivity contribution in [3.05, 3.63) is 33.4 Å². The number of rotatable bonds is 2. The summed E-state index contributed by atoms with van der Waals surface area (Å²) in [6.45, 7) is 4.89. The highest BCUT2D eigenvalue weighted by atomic mass is 127. The van der Waals surface area contributed by atoms with Gasteiger partial charge < -0.3 is 5.32 Å². The van der Waals surface area contributed by atoms with Gasteiger partial charge in [0.15, 0.2) is 0 Å². The molecule has 1 aromatic rings. The SMILES string of the molecule is Ic1ccc(CN2CCC3NCCCC3C2)cc1. The van der Waals surface area contributed by atoms with Gasteiger partial charge in [-0.25, -0.2) is 0 Å². The fraction of sp³-hybridized carbons (Fsp3) is 0.600. The highest BCUT2D eigenvalue weighted by Gasteiger charge is 2.30. The summed E-state index contributed by atoms with van der Waals surface area (Å²) < 4.78 is 1.33. The van der Waals surface area contributed by atoms with Crippen LogP contribution in [0, 0.1) is 9.49 Å². The summed E-state index contributed by atoms with van der Waals surface area (Å²) in [4.78, 5) is 2.64. The van der Waals surface area contributed by atoms with Crippen LogP contribution in [0.25, 0.3) is 0 Å². The van der Waals surface area contributed by atoms with Gasteiger partial charge in [-0.2, -0.15) is 0 Å². The lowest BCUT2D eigenvalue weighted by Gasteiger charge is -2.41. The first-order valence-electron chi connectivity index (χ1n) is 7.01. The molecule has 2 nitrogen and oxygen atoms in total. The Kier molecular flexibility index (Phi) is 4.21. The number of piperidine rings is 2. The van der Waals surface area contributed by atoms with E-state index < -0.39 is 0 Å². The van der Waals surface area contributed by atoms with Crippen LogP contribution in [0.2, 0.25) is 0 Å². The van der Waals surface area contributed by atoms with Gasteiger partial charge in [-0.05, 0) is 78.6 Å². The summed E-state index contributed by atoms with van der Waals surface area (Å²) in [5.41, 5.74) is 1.46. The average Bonchev–Trinajstić information content (AvgIpc) is 2.41. The predicted octanol–water partition coefficient (Wildman–Crippen LogP) is 2.87. The molecule has 2 fully saturated rings. The molecule has 2 aliphatic heterocycles. The summed E-state index contributed by atoms with van der Waals surface area (Å²) in [5, 5.41) is 3.69. The zero-order chi connectivity index (χ0) is 12.4. The molecule has 0 aliphatic carbocycles. The van der Waals surface area contributed by atoms with E-state index in [9.17, 15) is 0 Å². The highest BCUT2D eigenvalue weighted by molar-refractivity contribution is 14.1. The van der Waals surface area contributed by atoms with E-state index in [1.807, 2.05) is 0 Å². The van der Waals surface area contributed by atoms with E-state index in [1.54, 1.807) is 0 Å². The van der Waals surface area contributed by atoms with Crippen LogP contribution >= 0.6 is 22.6 Å². The third kappa shape index (κ3) is 3.06. The molecule has 0 aromatic heterocycles. The van der Waals surface area contributed by atoms with Gasteiger partial charge in [0.05, 0.1) is 0 Å². The molecule has 0 saturated carbocycles. The van der Waals surface area contributed by atoms with Crippen molar-refractivity contribution in [1.29, 1.82) is 0 Å². The van der Waals surface area contributed by atoms with Crippen LogP contribution in [0.3, 0.4) is 0 Å². The van der Waals surface area contributed by atoms with E-state index in [2.05, 4.69) is 57.1 Å². The quantitative estimate of drug-likeness (QED) is 0.820. The van der Waals surface area contributed by atoms with Crippen LogP contribution in [0.5, 0.6) is 0 Å². The minimum absolute atomic E-state index is 0.798. The number of fused-ring (bicyclic) bond motifs is 1. The minimum Gasteiger partial charge on any atom is -0.314 e. The summed E-state index contributed by atoms with van der Waals surface area (Å²) in [7, 11) is 0. The molecule has 1 aromatic carbocycles. The lowest BCUT2D eigenvalue weighted by atomic mass is 9.85. The second kappa shape index (κ2) is 5.88. The molecular formula is C15H21IN2. The first-order chi connectivity index (χ1) is 8.81. The van der Waals surface area contributed by atoms with E-state index in [0.29, 0.717) is 0 Å². The smallest absolute Gasteiger partial charge is 0.0233 e. The van der Waals surface area contributed by atoms with Crippen molar-refractivity contribution in [3.8, 4) is 0 Å². The Morgan fingerprint density at radius 3 is 2.89 bits per heavy atom. The molecule has 0 radical (unpaired) electrons. The molecular weight excluding hydrogens is 335 g/mol. The van der Waals surface area contributed by atoms with Crippen molar-refractivity contribution in [1.82, 2.24) is 10.2 Å². The molecule has 18 heavy (non-hydrogen) atoms. The number of hydrogen-bond donors (Lipinski definition) is 1. The lowest BCUT2D eigenvalue weighted by molar-refractivity contribution is 0.109. The molecule has 2 saturated heterocycles. The van der Waals surface area contributed by atoms with Gasteiger partial charge in [0.25, 0.3) is 0 Å². The maximum Gasteiger partial charge on any atom is 0.0233 e. The van der Waals surface area contributed by atoms with Gasteiger partial charge in [-0.3, -0.25) is 4.90 Å². The Bertz CT molecular complexity index is 390. The maximum absolute atomic E-state index is 3.69. The fourth-order valence-corrected chi connectivity index (χ4v) is 3.67. The third-order valence-corrected chi connectivity index (χ3v) is 5.01. The van der Waals surface area contributed by atoms with Gasteiger partial charge in [0.1, 0.15) is 0 Å². The number of halogens is 1. The first kappa shape index (κ1) is 12.9. The molecule has 0 bridgehead atoms. The van der Waals surface area contributed by atoms with Crippen molar-refractivity contribution in [2.75, 3.05) is 19.6 Å². The topological polar surface area (TPSA) is 15.3 Å². The number of benzene rings is 1. The molecule has 2 aliphatic rings. The second-order valence-corrected chi connectivity index (χ2v) is 6.86. The number of nitrogens with one attached hydrogen (secondary N) is 1. The van der Waals surface area contributed by atoms with Gasteiger partial charge >= 0.3 is 0 Å². The van der Waals surface area contributed by atoms with Crippen LogP contribution < -0.4 is 5.32 Å². The van der Waals surface area contributed by atoms with E-state index in [0.717, 1.165) is 18.5 Å². The molecule has 2 heterocycles. The minimum atomic E-state index is 0.798. The summed E-state index contributed by atoms with van der Waals surface area (Å²) >= 11 is 2.37. The zero-order valence-electron chi connectivity index (χ0n) is 10.7. The second-order valence-electron chi connectivity index (χ2n) is 5.61. The Morgan fingerprint density at radius 2 is 2.06 bits per heavy atom. The first-order valence-corrected chi connectivity index (χ1v) is 8.09. The molecule has 2 atom stereocenters. The molecule has 98 valence electrons. The van der Waals surface area contributed by atoms with E-state index in [-0.39, 0.29) is 0 Å². The van der Waals surface area contributed by atoms with Gasteiger partial charge in [0, 0.05) is 22.7 Å². The fourth-order valence-electron chi connectivity index (χ4n) is 3.31. The highest BCUT2D eigenvalue weighted by Crippen LogP contribution is 2.25. The number of nitrogens with zero attached hydrogens (tertiary/aromatic N) is 1. The Labute approximate surface area is 123 Å². The normalized spacial score (nSPS) is 28.9. The summed E-state index contributed by atoms with van der Waals surface area (Å²) in [6, 6.07) is 9.77. The van der Waals surface area contributed by atoms with Gasteiger partial charge in [-0.15, -0.1) is 0 Å². The molecule has 1 N–H and O–H groups in total. The molecule has 2 unspecified atom stereocenters. The van der Waals surface area contributed by atoms with Crippen LogP contribution in [0.4, 0.5) is 0 Å². The molecule has 3 heteroatoms. The van der Waals surface area contributed by atoms with E-state index >= 15 is 0 Å². The average molecular weight is 356 g/mol. The standard InChI is InChI=1S/C15H21IN2/c16-14-5-3-12(4-6-14)10-18-9-7-15-13(11-18)2-1-8-17-15/h3-6,13,15,17H,1-2,7-11H2. The predicted molar refractivity (Wildman–Crippen MR) is 83.6 cm³/mol. The Morgan fingerprint density at radius 1 is 1.22 bits per heavy atom. The van der Waals surface area contributed by atoms with Crippen LogP contribution in [0.15, 0.2) is 24.3 Å². The number of likely N-dealkylation sites (tertiary alicyclic amines) is 1. The van der Waals surface area contributed by atoms with Crippen LogP contribution in [-0.2, 0) is 6.54 Å². The molecule has 3 rings (SSSR count). The van der Waals surface area contributed by atoms with E-state index in [4.69, 9.17) is 0 Å². The largest absolute Gasteiger partial charge is 0.314 e. The van der Waals surface area contributed by atoms with Crippen molar-refractivity contribution in [3.63, 3.8) is 0 Å². The van der Waals surface area contributed by atoms with Crippen molar-refractivity contribution < 1.29 is 0 Å². The zero-order valence-corrected chi connectivity index (χ0v) is 12.9. The molecule has 0 amide bonds. The summed E-state index contributed by atoms with van der Waals surface area (Å²) in [6.07, 6.45) is 4.11. The van der Waals surface area contributed by atoms with E-state index in [1.165, 1.54) is 48.0 Å². The van der Waals surface area contributed by atoms with Crippen LogP contribution in [0.1, 0.15) is 24.8 Å². The maximum atomic E-state index is 3.69. The third-order valence-electron chi connectivity index (χ3n) is 4.30. The van der Waals surface area contributed by atoms with Gasteiger partial charge in [0.2, 0.25) is 0 Å². The van der Waals surface area contributed by atoms with Gasteiger partial charge in [-0.1, -0.05) is 12.1 Å². The van der Waals surface area contributed by atoms with Crippen LogP contribution in [-0.4, -0.2) is 30.6 Å².